The Morgan fingerprint density at radius 1 is 0.958 bits per heavy atom. The van der Waals surface area contributed by atoms with E-state index in [-0.39, 0.29) is 5.91 Å². The maximum atomic E-state index is 12.8. The number of rotatable bonds is 3. The largest absolute Gasteiger partial charge is 0.335 e. The van der Waals surface area contributed by atoms with Crippen molar-refractivity contribution in [3.63, 3.8) is 0 Å². The van der Waals surface area contributed by atoms with Gasteiger partial charge in [0.25, 0.3) is 16.1 Å². The van der Waals surface area contributed by atoms with Crippen molar-refractivity contribution in [2.75, 3.05) is 39.3 Å². The van der Waals surface area contributed by atoms with Gasteiger partial charge in [-0.25, -0.2) is 0 Å². The molecule has 6 nitrogen and oxygen atoms in total. The molecule has 0 aromatic carbocycles. The quantitative estimate of drug-likeness (QED) is 0.816. The van der Waals surface area contributed by atoms with Gasteiger partial charge < -0.3 is 4.90 Å². The summed E-state index contributed by atoms with van der Waals surface area (Å²) in [5.74, 6) is 0.0225. The molecule has 0 bridgehead atoms. The lowest BCUT2D eigenvalue weighted by molar-refractivity contribution is 0.0698. The van der Waals surface area contributed by atoms with Crippen LogP contribution in [0.25, 0.3) is 0 Å². The van der Waals surface area contributed by atoms with Gasteiger partial charge in [-0.15, -0.1) is 11.3 Å². The minimum absolute atomic E-state index is 0.0225. The first kappa shape index (κ1) is 17.8. The Morgan fingerprint density at radius 3 is 2.08 bits per heavy atom. The minimum atomic E-state index is -3.39. The van der Waals surface area contributed by atoms with E-state index in [1.54, 1.807) is 13.5 Å². The fraction of sp³-hybridized carbons (Fsp3) is 0.688. The van der Waals surface area contributed by atoms with Gasteiger partial charge in [0.05, 0.1) is 4.88 Å². The van der Waals surface area contributed by atoms with E-state index in [9.17, 15) is 13.2 Å². The molecule has 0 atom stereocenters. The van der Waals surface area contributed by atoms with E-state index in [4.69, 9.17) is 0 Å². The highest BCUT2D eigenvalue weighted by Crippen LogP contribution is 2.21. The highest BCUT2D eigenvalue weighted by Gasteiger charge is 2.34. The predicted molar refractivity (Wildman–Crippen MR) is 95.5 cm³/mol. The van der Waals surface area contributed by atoms with Crippen molar-refractivity contribution in [1.29, 1.82) is 0 Å². The van der Waals surface area contributed by atoms with Gasteiger partial charge in [-0.05, 0) is 36.8 Å². The third-order valence-electron chi connectivity index (χ3n) is 4.80. The smallest absolute Gasteiger partial charge is 0.282 e. The Kier molecular flexibility index (Phi) is 5.59. The molecule has 1 aromatic heterocycles. The molecular formula is C16H25N3O3S2. The van der Waals surface area contributed by atoms with Crippen LogP contribution < -0.4 is 0 Å². The normalized spacial score (nSPS) is 21.6. The number of carbonyl (C=O) groups is 1. The van der Waals surface area contributed by atoms with Crippen LogP contribution in [0.5, 0.6) is 0 Å². The second kappa shape index (κ2) is 7.51. The molecule has 0 aliphatic carbocycles. The van der Waals surface area contributed by atoms with Crippen molar-refractivity contribution < 1.29 is 13.2 Å². The van der Waals surface area contributed by atoms with E-state index in [1.165, 1.54) is 11.3 Å². The summed E-state index contributed by atoms with van der Waals surface area (Å²) in [4.78, 5) is 15.1. The van der Waals surface area contributed by atoms with Gasteiger partial charge in [-0.1, -0.05) is 12.8 Å². The number of aryl methyl sites for hydroxylation is 1. The number of amides is 1. The summed E-state index contributed by atoms with van der Waals surface area (Å²) in [7, 11) is -3.39. The molecule has 2 aliphatic heterocycles. The number of piperazine rings is 1. The highest BCUT2D eigenvalue weighted by atomic mass is 32.2. The summed E-state index contributed by atoms with van der Waals surface area (Å²) in [5.41, 5.74) is 0.990. The van der Waals surface area contributed by atoms with Crippen molar-refractivity contribution in [2.45, 2.75) is 32.6 Å². The molecule has 134 valence electrons. The summed E-state index contributed by atoms with van der Waals surface area (Å²) in [6.45, 7) is 4.87. The summed E-state index contributed by atoms with van der Waals surface area (Å²) >= 11 is 1.45. The molecule has 0 unspecified atom stereocenters. The monoisotopic (exact) mass is 371 g/mol. The minimum Gasteiger partial charge on any atom is -0.335 e. The van der Waals surface area contributed by atoms with E-state index in [0.29, 0.717) is 39.3 Å². The van der Waals surface area contributed by atoms with Crippen molar-refractivity contribution in [3.05, 3.63) is 21.9 Å². The van der Waals surface area contributed by atoms with Crippen LogP contribution in [0, 0.1) is 6.92 Å². The van der Waals surface area contributed by atoms with E-state index >= 15 is 0 Å². The molecule has 2 saturated heterocycles. The van der Waals surface area contributed by atoms with Crippen LogP contribution in [0.1, 0.15) is 40.9 Å². The zero-order chi connectivity index (χ0) is 17.2. The number of carbonyl (C=O) groups excluding carboxylic acids is 1. The molecule has 0 N–H and O–H groups in total. The Balaban J connectivity index is 1.62. The van der Waals surface area contributed by atoms with Crippen molar-refractivity contribution in [3.8, 4) is 0 Å². The van der Waals surface area contributed by atoms with Crippen LogP contribution in [-0.2, 0) is 10.2 Å². The van der Waals surface area contributed by atoms with E-state index in [2.05, 4.69) is 0 Å². The molecule has 2 fully saturated rings. The molecule has 0 radical (unpaired) electrons. The van der Waals surface area contributed by atoms with Gasteiger partial charge in [0.15, 0.2) is 0 Å². The molecule has 24 heavy (non-hydrogen) atoms. The van der Waals surface area contributed by atoms with Gasteiger partial charge in [0.1, 0.15) is 0 Å². The molecule has 1 aromatic rings. The average molecular weight is 372 g/mol. The van der Waals surface area contributed by atoms with Crippen molar-refractivity contribution >= 4 is 27.5 Å². The molecule has 3 rings (SSSR count). The Labute approximate surface area is 148 Å². The predicted octanol–water partition coefficient (Wildman–Crippen LogP) is 1.94. The fourth-order valence-corrected chi connectivity index (χ4v) is 5.86. The molecule has 0 spiro atoms. The lowest BCUT2D eigenvalue weighted by atomic mass is 10.2. The first-order valence-corrected chi connectivity index (χ1v) is 10.9. The Morgan fingerprint density at radius 2 is 1.54 bits per heavy atom. The number of hydrogen-bond acceptors (Lipinski definition) is 4. The zero-order valence-electron chi connectivity index (χ0n) is 14.1. The maximum absolute atomic E-state index is 12.8. The molecule has 3 heterocycles. The second-order valence-corrected chi connectivity index (χ2v) is 9.29. The van der Waals surface area contributed by atoms with Gasteiger partial charge in [-0.3, -0.25) is 4.79 Å². The summed E-state index contributed by atoms with van der Waals surface area (Å²) in [5, 5.41) is 1.92. The third-order valence-corrected chi connectivity index (χ3v) is 7.84. The number of nitrogens with zero attached hydrogens (tertiary/aromatic N) is 3. The number of thiophene rings is 1. The van der Waals surface area contributed by atoms with E-state index in [1.807, 2.05) is 18.4 Å². The van der Waals surface area contributed by atoms with E-state index < -0.39 is 10.2 Å². The van der Waals surface area contributed by atoms with Gasteiger partial charge >= 0.3 is 0 Å². The SMILES string of the molecule is Cc1ccsc1C(=O)N1CCN(S(=O)(=O)N2CCCCCC2)CC1. The zero-order valence-corrected chi connectivity index (χ0v) is 15.7. The van der Waals surface area contributed by atoms with Crippen LogP contribution in [0.4, 0.5) is 0 Å². The first-order valence-electron chi connectivity index (χ1n) is 8.59. The topological polar surface area (TPSA) is 60.9 Å². The molecule has 2 aliphatic rings. The molecule has 0 saturated carbocycles. The number of hydrogen-bond donors (Lipinski definition) is 0. The fourth-order valence-electron chi connectivity index (χ4n) is 3.29. The van der Waals surface area contributed by atoms with Crippen molar-refractivity contribution in [2.24, 2.45) is 0 Å². The lowest BCUT2D eigenvalue weighted by Crippen LogP contribution is -2.54. The van der Waals surface area contributed by atoms with Crippen LogP contribution >= 0.6 is 11.3 Å². The van der Waals surface area contributed by atoms with Crippen LogP contribution in [0.2, 0.25) is 0 Å². The molecule has 8 heteroatoms. The molecule has 1 amide bonds. The van der Waals surface area contributed by atoms with E-state index in [0.717, 1.165) is 36.1 Å². The summed E-state index contributed by atoms with van der Waals surface area (Å²) in [6.07, 6.45) is 4.09. The van der Waals surface area contributed by atoms with Gasteiger partial charge in [0, 0.05) is 39.3 Å². The van der Waals surface area contributed by atoms with Crippen LogP contribution in [0.3, 0.4) is 0 Å². The summed E-state index contributed by atoms with van der Waals surface area (Å²) < 4.78 is 28.8. The maximum Gasteiger partial charge on any atom is 0.282 e. The third kappa shape index (κ3) is 3.66. The molecular weight excluding hydrogens is 346 g/mol. The summed E-state index contributed by atoms with van der Waals surface area (Å²) in [6, 6.07) is 1.94. The standard InChI is InChI=1S/C16H25N3O3S2/c1-14-6-13-23-15(14)16(20)17-9-11-19(12-10-17)24(21,22)18-7-4-2-3-5-8-18/h6,13H,2-5,7-12H2,1H3. The van der Waals surface area contributed by atoms with Gasteiger partial charge in [0.2, 0.25) is 0 Å². The van der Waals surface area contributed by atoms with Crippen LogP contribution in [0.15, 0.2) is 11.4 Å². The second-order valence-electron chi connectivity index (χ2n) is 6.45. The lowest BCUT2D eigenvalue weighted by Gasteiger charge is -2.36. The van der Waals surface area contributed by atoms with Crippen LogP contribution in [-0.4, -0.2) is 67.1 Å². The average Bonchev–Trinajstić information content (AvgIpc) is 2.84. The van der Waals surface area contributed by atoms with Crippen molar-refractivity contribution in [1.82, 2.24) is 13.5 Å². The first-order chi connectivity index (χ1) is 11.5. The Hall–Kier alpha value is -0.960. The Bertz CT molecular complexity index is 670. The van der Waals surface area contributed by atoms with Gasteiger partial charge in [-0.2, -0.15) is 17.0 Å². The highest BCUT2D eigenvalue weighted by molar-refractivity contribution is 7.86.